The van der Waals surface area contributed by atoms with Gasteiger partial charge in [0.05, 0.1) is 0 Å². The smallest absolute Gasteiger partial charge is 0.248 e. The number of amides is 1. The Balaban J connectivity index is 1.93. The third-order valence-corrected chi connectivity index (χ3v) is 5.65. The molecule has 3 N–H and O–H groups in total. The molecule has 2 rings (SSSR count). The van der Waals surface area contributed by atoms with E-state index in [1.807, 2.05) is 12.1 Å². The van der Waals surface area contributed by atoms with E-state index in [0.717, 1.165) is 37.1 Å². The molecule has 2 unspecified atom stereocenters. The minimum absolute atomic E-state index is 0.365. The van der Waals surface area contributed by atoms with Crippen molar-refractivity contribution in [3.05, 3.63) is 70.3 Å². The first-order chi connectivity index (χ1) is 13.3. The van der Waals surface area contributed by atoms with E-state index in [4.69, 9.17) is 5.73 Å². The number of rotatable bonds is 10. The second-order valence-electron chi connectivity index (χ2n) is 8.08. The Hall–Kier alpha value is -2.17. The predicted octanol–water partition coefficient (Wildman–Crippen LogP) is 3.66. The summed E-state index contributed by atoms with van der Waals surface area (Å²) in [5.74, 6) is 0.188. The number of likely N-dealkylation sites (N-methyl/N-ethyl adjacent to an activating group) is 1. The molecule has 0 saturated carbocycles. The fraction of sp³-hybridized carbons (Fsp3) is 0.458. The lowest BCUT2D eigenvalue weighted by Gasteiger charge is -2.27. The number of carbonyl (C=O) groups excluding carboxylic acids is 1. The van der Waals surface area contributed by atoms with Gasteiger partial charge in [-0.2, -0.15) is 0 Å². The standard InChI is InChI=1S/C24H35N3O/c1-17(20-9-7-6-8-10-20)11-12-26-16-22(27(4)5)15-23-18(2)13-21(24(25)28)14-19(23)3/h6-10,13-14,17,22,26H,11-12,15-16H2,1-5H3,(H2,25,28). The molecule has 0 saturated heterocycles. The average molecular weight is 382 g/mol. The van der Waals surface area contributed by atoms with Crippen LogP contribution in [-0.4, -0.2) is 44.0 Å². The van der Waals surface area contributed by atoms with E-state index in [2.05, 4.69) is 75.4 Å². The molecule has 28 heavy (non-hydrogen) atoms. The number of hydrogen-bond acceptors (Lipinski definition) is 3. The van der Waals surface area contributed by atoms with Crippen LogP contribution in [-0.2, 0) is 6.42 Å². The van der Waals surface area contributed by atoms with E-state index in [1.54, 1.807) is 0 Å². The molecule has 0 fully saturated rings. The predicted molar refractivity (Wildman–Crippen MR) is 118 cm³/mol. The average Bonchev–Trinajstić information content (AvgIpc) is 2.66. The van der Waals surface area contributed by atoms with E-state index < -0.39 is 0 Å². The summed E-state index contributed by atoms with van der Waals surface area (Å²) in [6, 6.07) is 14.9. The van der Waals surface area contributed by atoms with Crippen molar-refractivity contribution < 1.29 is 4.79 Å². The van der Waals surface area contributed by atoms with Crippen LogP contribution in [0.4, 0.5) is 0 Å². The summed E-state index contributed by atoms with van der Waals surface area (Å²) >= 11 is 0. The van der Waals surface area contributed by atoms with Gasteiger partial charge in [0.15, 0.2) is 0 Å². The topological polar surface area (TPSA) is 58.4 Å². The summed E-state index contributed by atoms with van der Waals surface area (Å²) in [6.07, 6.45) is 2.07. The quantitative estimate of drug-likeness (QED) is 0.618. The van der Waals surface area contributed by atoms with Crippen molar-refractivity contribution in [3.8, 4) is 0 Å². The van der Waals surface area contributed by atoms with Gasteiger partial charge >= 0.3 is 0 Å². The molecule has 4 nitrogen and oxygen atoms in total. The highest BCUT2D eigenvalue weighted by Crippen LogP contribution is 2.20. The van der Waals surface area contributed by atoms with Crippen molar-refractivity contribution >= 4 is 5.91 Å². The lowest BCUT2D eigenvalue weighted by atomic mass is 9.93. The SMILES string of the molecule is Cc1cc(C(N)=O)cc(C)c1CC(CNCCC(C)c1ccccc1)N(C)C. The molecule has 1 amide bonds. The zero-order chi connectivity index (χ0) is 20.7. The molecule has 0 radical (unpaired) electrons. The molecule has 152 valence electrons. The Bertz CT molecular complexity index is 748. The molecule has 2 atom stereocenters. The second kappa shape index (κ2) is 10.4. The molecular formula is C24H35N3O. The van der Waals surface area contributed by atoms with E-state index in [0.29, 0.717) is 17.5 Å². The van der Waals surface area contributed by atoms with E-state index in [1.165, 1.54) is 11.1 Å². The van der Waals surface area contributed by atoms with Gasteiger partial charge in [-0.05, 0) is 87.6 Å². The van der Waals surface area contributed by atoms with Gasteiger partial charge in [-0.15, -0.1) is 0 Å². The fourth-order valence-corrected chi connectivity index (χ4v) is 3.67. The fourth-order valence-electron chi connectivity index (χ4n) is 3.67. The maximum absolute atomic E-state index is 11.5. The van der Waals surface area contributed by atoms with Gasteiger partial charge in [0.25, 0.3) is 0 Å². The summed E-state index contributed by atoms with van der Waals surface area (Å²) in [6.45, 7) is 8.35. The third-order valence-electron chi connectivity index (χ3n) is 5.65. The molecule has 0 aliphatic heterocycles. The number of nitrogens with one attached hydrogen (secondary N) is 1. The van der Waals surface area contributed by atoms with Crippen LogP contribution in [0.25, 0.3) is 0 Å². The Morgan fingerprint density at radius 2 is 1.71 bits per heavy atom. The highest BCUT2D eigenvalue weighted by Gasteiger charge is 2.16. The van der Waals surface area contributed by atoms with Gasteiger partial charge < -0.3 is 16.0 Å². The van der Waals surface area contributed by atoms with E-state index >= 15 is 0 Å². The van der Waals surface area contributed by atoms with Gasteiger partial charge in [-0.25, -0.2) is 0 Å². The number of nitrogens with zero attached hydrogens (tertiary/aromatic N) is 1. The molecule has 2 aromatic rings. The Labute approximate surface area is 170 Å². The van der Waals surface area contributed by atoms with Gasteiger partial charge in [0.2, 0.25) is 5.91 Å². The normalized spacial score (nSPS) is 13.5. The molecule has 0 aromatic heterocycles. The summed E-state index contributed by atoms with van der Waals surface area (Å²) in [5, 5.41) is 3.64. The maximum Gasteiger partial charge on any atom is 0.248 e. The Morgan fingerprint density at radius 3 is 2.25 bits per heavy atom. The molecular weight excluding hydrogens is 346 g/mol. The summed E-state index contributed by atoms with van der Waals surface area (Å²) in [7, 11) is 4.25. The number of aryl methyl sites for hydroxylation is 2. The first-order valence-electron chi connectivity index (χ1n) is 10.1. The molecule has 0 aliphatic rings. The van der Waals surface area contributed by atoms with Gasteiger partial charge in [-0.1, -0.05) is 37.3 Å². The highest BCUT2D eigenvalue weighted by atomic mass is 16.1. The van der Waals surface area contributed by atoms with Gasteiger partial charge in [-0.3, -0.25) is 4.79 Å². The monoisotopic (exact) mass is 381 g/mol. The largest absolute Gasteiger partial charge is 0.366 e. The van der Waals surface area contributed by atoms with Gasteiger partial charge in [0, 0.05) is 18.2 Å². The second-order valence-corrected chi connectivity index (χ2v) is 8.08. The van der Waals surface area contributed by atoms with Crippen LogP contribution in [0.15, 0.2) is 42.5 Å². The highest BCUT2D eigenvalue weighted by molar-refractivity contribution is 5.93. The Morgan fingerprint density at radius 1 is 1.11 bits per heavy atom. The minimum atomic E-state index is -0.365. The number of nitrogens with two attached hydrogens (primary N) is 1. The van der Waals surface area contributed by atoms with Crippen LogP contribution in [0.1, 0.15) is 51.9 Å². The number of primary amides is 1. The molecule has 0 spiro atoms. The van der Waals surface area contributed by atoms with E-state index in [-0.39, 0.29) is 5.91 Å². The van der Waals surface area contributed by atoms with Crippen molar-refractivity contribution in [3.63, 3.8) is 0 Å². The lowest BCUT2D eigenvalue weighted by molar-refractivity contribution is 0.1000. The zero-order valence-electron chi connectivity index (χ0n) is 18.0. The summed E-state index contributed by atoms with van der Waals surface area (Å²) in [4.78, 5) is 13.8. The van der Waals surface area contributed by atoms with Crippen LogP contribution in [0, 0.1) is 13.8 Å². The first-order valence-corrected chi connectivity index (χ1v) is 10.1. The van der Waals surface area contributed by atoms with Gasteiger partial charge in [0.1, 0.15) is 0 Å². The van der Waals surface area contributed by atoms with Crippen molar-refractivity contribution in [2.24, 2.45) is 5.73 Å². The maximum atomic E-state index is 11.5. The van der Waals surface area contributed by atoms with Crippen LogP contribution in [0.5, 0.6) is 0 Å². The summed E-state index contributed by atoms with van der Waals surface area (Å²) in [5.41, 5.74) is 11.0. The molecule has 4 heteroatoms. The lowest BCUT2D eigenvalue weighted by Crippen LogP contribution is -2.40. The molecule has 0 aliphatic carbocycles. The molecule has 2 aromatic carbocycles. The number of hydrogen-bond donors (Lipinski definition) is 2. The molecule has 0 bridgehead atoms. The zero-order valence-corrected chi connectivity index (χ0v) is 18.0. The number of benzene rings is 2. The van der Waals surface area contributed by atoms with Crippen LogP contribution in [0.2, 0.25) is 0 Å². The van der Waals surface area contributed by atoms with E-state index in [9.17, 15) is 4.79 Å². The summed E-state index contributed by atoms with van der Waals surface area (Å²) < 4.78 is 0. The molecule has 0 heterocycles. The van der Waals surface area contributed by atoms with Crippen LogP contribution < -0.4 is 11.1 Å². The third kappa shape index (κ3) is 6.18. The van der Waals surface area contributed by atoms with Crippen molar-refractivity contribution in [1.29, 1.82) is 0 Å². The number of carbonyl (C=O) groups is 1. The minimum Gasteiger partial charge on any atom is -0.366 e. The van der Waals surface area contributed by atoms with Crippen molar-refractivity contribution in [2.45, 2.75) is 45.6 Å². The Kier molecular flexibility index (Phi) is 8.21. The first kappa shape index (κ1) is 22.1. The van der Waals surface area contributed by atoms with Crippen LogP contribution in [0.3, 0.4) is 0 Å². The van der Waals surface area contributed by atoms with Crippen molar-refractivity contribution in [1.82, 2.24) is 10.2 Å². The van der Waals surface area contributed by atoms with Crippen LogP contribution >= 0.6 is 0 Å². The van der Waals surface area contributed by atoms with Crippen molar-refractivity contribution in [2.75, 3.05) is 27.2 Å².